The minimum atomic E-state index is 0.213. The lowest BCUT2D eigenvalue weighted by molar-refractivity contribution is 0.311. The molecule has 2 atom stereocenters. The number of ether oxygens (including phenoxy) is 1. The third-order valence-electron chi connectivity index (χ3n) is 4.03. The van der Waals surface area contributed by atoms with Gasteiger partial charge in [0.05, 0.1) is 18.7 Å². The van der Waals surface area contributed by atoms with Crippen molar-refractivity contribution in [3.63, 3.8) is 0 Å². The molecule has 0 radical (unpaired) electrons. The lowest BCUT2D eigenvalue weighted by atomic mass is 9.96. The Hall–Kier alpha value is -2.04. The van der Waals surface area contributed by atoms with Crippen LogP contribution < -0.4 is 21.3 Å². The van der Waals surface area contributed by atoms with Gasteiger partial charge >= 0.3 is 0 Å². The number of anilines is 1. The summed E-state index contributed by atoms with van der Waals surface area (Å²) in [6.45, 7) is 2.86. The molecule has 2 unspecified atom stereocenters. The highest BCUT2D eigenvalue weighted by Gasteiger charge is 2.28. The average Bonchev–Trinajstić information content (AvgIpc) is 3.03. The first-order valence-electron chi connectivity index (χ1n) is 7.86. The van der Waals surface area contributed by atoms with Gasteiger partial charge in [0.2, 0.25) is 0 Å². The fourth-order valence-corrected chi connectivity index (χ4v) is 2.90. The Morgan fingerprint density at radius 3 is 2.36 bits per heavy atom. The number of hydrogen-bond donors (Lipinski definition) is 3. The van der Waals surface area contributed by atoms with Crippen molar-refractivity contribution in [2.45, 2.75) is 31.8 Å². The number of para-hydroxylation sites is 2. The van der Waals surface area contributed by atoms with Gasteiger partial charge in [0.15, 0.2) is 0 Å². The smallest absolute Gasteiger partial charge is 0.124 e. The van der Waals surface area contributed by atoms with E-state index in [-0.39, 0.29) is 12.1 Å². The van der Waals surface area contributed by atoms with Gasteiger partial charge in [-0.1, -0.05) is 43.3 Å². The van der Waals surface area contributed by atoms with Gasteiger partial charge in [-0.25, -0.2) is 10.9 Å². The van der Waals surface area contributed by atoms with E-state index in [1.165, 1.54) is 5.56 Å². The maximum absolute atomic E-state index is 6.09. The van der Waals surface area contributed by atoms with Crippen molar-refractivity contribution in [2.75, 3.05) is 12.3 Å². The highest BCUT2D eigenvalue weighted by molar-refractivity contribution is 5.49. The largest absolute Gasteiger partial charge is 0.493 e. The van der Waals surface area contributed by atoms with Gasteiger partial charge in [0.25, 0.3) is 0 Å². The monoisotopic (exact) mass is 297 g/mol. The van der Waals surface area contributed by atoms with Crippen molar-refractivity contribution in [1.29, 1.82) is 0 Å². The fraction of sp³-hybridized carbons (Fsp3) is 0.333. The quantitative estimate of drug-likeness (QED) is 0.741. The normalized spacial score (nSPS) is 21.0. The summed E-state index contributed by atoms with van der Waals surface area (Å²) in [5.74, 6) is 0.963. The van der Waals surface area contributed by atoms with Crippen molar-refractivity contribution in [2.24, 2.45) is 0 Å². The lowest BCUT2D eigenvalue weighted by Gasteiger charge is -2.16. The molecule has 0 amide bonds. The number of hydrogen-bond acceptors (Lipinski definition) is 4. The Bertz CT molecular complexity index is 629. The van der Waals surface area contributed by atoms with Crippen LogP contribution in [0.1, 0.15) is 43.0 Å². The van der Waals surface area contributed by atoms with E-state index in [1.807, 2.05) is 30.3 Å². The first-order chi connectivity index (χ1) is 10.8. The van der Waals surface area contributed by atoms with Crippen molar-refractivity contribution in [3.8, 4) is 5.75 Å². The maximum atomic E-state index is 6.09. The van der Waals surface area contributed by atoms with Crippen LogP contribution in [0.25, 0.3) is 0 Å². The van der Waals surface area contributed by atoms with E-state index in [9.17, 15) is 0 Å². The van der Waals surface area contributed by atoms with E-state index < -0.39 is 0 Å². The van der Waals surface area contributed by atoms with E-state index in [1.54, 1.807) is 0 Å². The zero-order valence-electron chi connectivity index (χ0n) is 12.9. The van der Waals surface area contributed by atoms with Crippen LogP contribution in [-0.2, 0) is 0 Å². The molecule has 0 bridgehead atoms. The van der Waals surface area contributed by atoms with E-state index in [2.05, 4.69) is 36.0 Å². The number of nitrogens with two attached hydrogens (primary N) is 1. The van der Waals surface area contributed by atoms with Crippen LogP contribution in [-0.4, -0.2) is 6.61 Å². The van der Waals surface area contributed by atoms with Crippen molar-refractivity contribution < 1.29 is 4.74 Å². The minimum Gasteiger partial charge on any atom is -0.493 e. The molecule has 2 aromatic carbocycles. The molecule has 1 aliphatic rings. The van der Waals surface area contributed by atoms with Crippen molar-refractivity contribution >= 4 is 5.69 Å². The topological polar surface area (TPSA) is 59.3 Å². The van der Waals surface area contributed by atoms with Crippen LogP contribution in [0.3, 0.4) is 0 Å². The molecule has 116 valence electrons. The van der Waals surface area contributed by atoms with Gasteiger partial charge in [-0.05, 0) is 30.5 Å². The third kappa shape index (κ3) is 3.08. The van der Waals surface area contributed by atoms with E-state index in [0.29, 0.717) is 0 Å². The number of benzene rings is 2. The predicted molar refractivity (Wildman–Crippen MR) is 89.5 cm³/mol. The van der Waals surface area contributed by atoms with Crippen LogP contribution in [0.5, 0.6) is 5.75 Å². The molecule has 1 saturated heterocycles. The standard InChI is InChI=1S/C18H23N3O/c1-2-11-22-18-10-6-4-8-14(18)17-12-16(20-21-17)13-7-3-5-9-15(13)19/h3-10,16-17,20-21H,2,11-12,19H2,1H3. The number of nitrogen functional groups attached to an aromatic ring is 1. The van der Waals surface area contributed by atoms with Crippen molar-refractivity contribution in [1.82, 2.24) is 10.9 Å². The van der Waals surface area contributed by atoms with Gasteiger partial charge in [0, 0.05) is 11.3 Å². The zero-order valence-corrected chi connectivity index (χ0v) is 12.9. The zero-order chi connectivity index (χ0) is 15.4. The molecule has 2 aromatic rings. The number of hydrazine groups is 1. The minimum absolute atomic E-state index is 0.213. The molecule has 4 N–H and O–H groups in total. The Morgan fingerprint density at radius 1 is 1.00 bits per heavy atom. The molecule has 4 heteroatoms. The molecule has 0 aromatic heterocycles. The molecule has 1 heterocycles. The molecular formula is C18H23N3O. The van der Waals surface area contributed by atoms with Crippen LogP contribution in [0.2, 0.25) is 0 Å². The molecule has 0 spiro atoms. The van der Waals surface area contributed by atoms with Crippen LogP contribution >= 0.6 is 0 Å². The fourth-order valence-electron chi connectivity index (χ4n) is 2.90. The van der Waals surface area contributed by atoms with Crippen LogP contribution in [0, 0.1) is 0 Å². The van der Waals surface area contributed by atoms with Gasteiger partial charge in [-0.15, -0.1) is 0 Å². The number of rotatable bonds is 5. The first-order valence-corrected chi connectivity index (χ1v) is 7.86. The molecule has 1 fully saturated rings. The van der Waals surface area contributed by atoms with Gasteiger partial charge in [-0.2, -0.15) is 0 Å². The van der Waals surface area contributed by atoms with E-state index >= 15 is 0 Å². The maximum Gasteiger partial charge on any atom is 0.124 e. The Morgan fingerprint density at radius 2 is 1.64 bits per heavy atom. The molecule has 1 aliphatic heterocycles. The Labute approximate surface area is 131 Å². The molecule has 4 nitrogen and oxygen atoms in total. The summed E-state index contributed by atoms with van der Waals surface area (Å²) in [4.78, 5) is 0. The summed E-state index contributed by atoms with van der Waals surface area (Å²) in [7, 11) is 0. The summed E-state index contributed by atoms with van der Waals surface area (Å²) in [6.07, 6.45) is 1.95. The predicted octanol–water partition coefficient (Wildman–Crippen LogP) is 3.34. The summed E-state index contributed by atoms with van der Waals surface area (Å²) in [5, 5.41) is 0. The van der Waals surface area contributed by atoms with Crippen LogP contribution in [0.15, 0.2) is 48.5 Å². The highest BCUT2D eigenvalue weighted by Crippen LogP contribution is 2.36. The summed E-state index contributed by atoms with van der Waals surface area (Å²) in [6, 6.07) is 16.7. The highest BCUT2D eigenvalue weighted by atomic mass is 16.5. The van der Waals surface area contributed by atoms with Gasteiger partial charge in [0.1, 0.15) is 5.75 Å². The first kappa shape index (κ1) is 14.9. The SMILES string of the molecule is CCCOc1ccccc1C1CC(c2ccccc2N)NN1. The summed E-state index contributed by atoms with van der Waals surface area (Å²) in [5.41, 5.74) is 16.0. The van der Waals surface area contributed by atoms with Crippen molar-refractivity contribution in [3.05, 3.63) is 59.7 Å². The lowest BCUT2D eigenvalue weighted by Crippen LogP contribution is -2.27. The molecule has 0 saturated carbocycles. The second-order valence-corrected chi connectivity index (χ2v) is 5.64. The second-order valence-electron chi connectivity index (χ2n) is 5.64. The van der Waals surface area contributed by atoms with Crippen LogP contribution in [0.4, 0.5) is 5.69 Å². The summed E-state index contributed by atoms with van der Waals surface area (Å²) >= 11 is 0. The third-order valence-corrected chi connectivity index (χ3v) is 4.03. The Balaban J connectivity index is 1.77. The molecule has 22 heavy (non-hydrogen) atoms. The molecule has 3 rings (SSSR count). The second kappa shape index (κ2) is 6.81. The van der Waals surface area contributed by atoms with Gasteiger partial charge < -0.3 is 10.5 Å². The van der Waals surface area contributed by atoms with E-state index in [0.717, 1.165) is 36.4 Å². The molecular weight excluding hydrogens is 274 g/mol. The average molecular weight is 297 g/mol. The Kier molecular flexibility index (Phi) is 4.61. The number of nitrogens with one attached hydrogen (secondary N) is 2. The van der Waals surface area contributed by atoms with Gasteiger partial charge in [-0.3, -0.25) is 0 Å². The summed E-state index contributed by atoms with van der Waals surface area (Å²) < 4.78 is 5.87. The molecule has 0 aliphatic carbocycles. The van der Waals surface area contributed by atoms with E-state index in [4.69, 9.17) is 10.5 Å².